The van der Waals surface area contributed by atoms with E-state index in [0.717, 1.165) is 29.9 Å². The number of aromatic nitrogens is 2. The molecule has 0 unspecified atom stereocenters. The molecule has 0 aromatic carbocycles. The van der Waals surface area contributed by atoms with Crippen molar-refractivity contribution in [2.24, 2.45) is 5.92 Å². The number of piperidine rings is 1. The first-order valence-corrected chi connectivity index (χ1v) is 6.84. The minimum Gasteiger partial charge on any atom is -0.379 e. The fourth-order valence-corrected chi connectivity index (χ4v) is 2.66. The molecular weight excluding hydrogens is 242 g/mol. The van der Waals surface area contributed by atoms with Crippen LogP contribution in [0.4, 0.5) is 0 Å². The Morgan fingerprint density at radius 3 is 2.84 bits per heavy atom. The van der Waals surface area contributed by atoms with Crippen molar-refractivity contribution in [3.8, 4) is 0 Å². The van der Waals surface area contributed by atoms with E-state index in [2.05, 4.69) is 17.1 Å². The molecule has 1 aliphatic heterocycles. The number of hydrogen-bond acceptors (Lipinski definition) is 3. The van der Waals surface area contributed by atoms with E-state index in [-0.39, 0.29) is 12.0 Å². The zero-order valence-electron chi connectivity index (χ0n) is 12.2. The van der Waals surface area contributed by atoms with Crippen molar-refractivity contribution in [2.45, 2.75) is 39.7 Å². The van der Waals surface area contributed by atoms with Crippen LogP contribution in [0.5, 0.6) is 0 Å². The van der Waals surface area contributed by atoms with Crippen LogP contribution in [-0.4, -0.2) is 47.3 Å². The molecule has 1 N–H and O–H groups in total. The van der Waals surface area contributed by atoms with Gasteiger partial charge in [0.25, 0.3) is 0 Å². The maximum atomic E-state index is 12.4. The fraction of sp³-hybridized carbons (Fsp3) is 0.714. The molecule has 0 spiro atoms. The van der Waals surface area contributed by atoms with Crippen LogP contribution >= 0.6 is 0 Å². The monoisotopic (exact) mass is 265 g/mol. The van der Waals surface area contributed by atoms with Gasteiger partial charge in [-0.1, -0.05) is 6.92 Å². The molecule has 2 atom stereocenters. The Labute approximate surface area is 114 Å². The molecule has 2 heterocycles. The Hall–Kier alpha value is -1.36. The van der Waals surface area contributed by atoms with E-state index in [9.17, 15) is 4.79 Å². The molecule has 0 saturated carbocycles. The van der Waals surface area contributed by atoms with Crippen molar-refractivity contribution < 1.29 is 9.53 Å². The summed E-state index contributed by atoms with van der Waals surface area (Å²) >= 11 is 0. The molecule has 1 aliphatic rings. The van der Waals surface area contributed by atoms with Gasteiger partial charge in [0.2, 0.25) is 5.91 Å². The number of carbonyl (C=O) groups excluding carboxylic acids is 1. The van der Waals surface area contributed by atoms with E-state index >= 15 is 0 Å². The average Bonchev–Trinajstić information content (AvgIpc) is 2.71. The van der Waals surface area contributed by atoms with E-state index in [0.29, 0.717) is 18.9 Å². The zero-order valence-corrected chi connectivity index (χ0v) is 12.2. The quantitative estimate of drug-likeness (QED) is 0.900. The van der Waals surface area contributed by atoms with Gasteiger partial charge >= 0.3 is 0 Å². The molecule has 0 bridgehead atoms. The lowest BCUT2D eigenvalue weighted by atomic mass is 9.95. The topological polar surface area (TPSA) is 58.2 Å². The van der Waals surface area contributed by atoms with Crippen LogP contribution in [0.2, 0.25) is 0 Å². The lowest BCUT2D eigenvalue weighted by Crippen LogP contribution is -2.47. The van der Waals surface area contributed by atoms with E-state index < -0.39 is 0 Å². The number of carbonyl (C=O) groups is 1. The zero-order chi connectivity index (χ0) is 14.0. The van der Waals surface area contributed by atoms with Crippen LogP contribution in [0, 0.1) is 19.8 Å². The number of likely N-dealkylation sites (tertiary alicyclic amines) is 1. The van der Waals surface area contributed by atoms with Gasteiger partial charge in [0.15, 0.2) is 0 Å². The maximum absolute atomic E-state index is 12.4. The number of H-pyrrole nitrogens is 1. The Morgan fingerprint density at radius 1 is 1.53 bits per heavy atom. The second kappa shape index (κ2) is 5.74. The predicted molar refractivity (Wildman–Crippen MR) is 72.9 cm³/mol. The minimum atomic E-state index is 0.157. The summed E-state index contributed by atoms with van der Waals surface area (Å²) in [5.74, 6) is 0.688. The van der Waals surface area contributed by atoms with Crippen LogP contribution in [0.1, 0.15) is 30.3 Å². The van der Waals surface area contributed by atoms with Crippen LogP contribution in [0.15, 0.2) is 0 Å². The number of rotatable bonds is 3. The highest BCUT2D eigenvalue weighted by Crippen LogP contribution is 2.21. The summed E-state index contributed by atoms with van der Waals surface area (Å²) in [7, 11) is 1.72. The number of aromatic amines is 1. The maximum Gasteiger partial charge on any atom is 0.227 e. The number of nitrogens with zero attached hydrogens (tertiary/aromatic N) is 2. The lowest BCUT2D eigenvalue weighted by molar-refractivity contribution is -0.135. The van der Waals surface area contributed by atoms with Gasteiger partial charge in [-0.05, 0) is 26.2 Å². The van der Waals surface area contributed by atoms with Gasteiger partial charge in [-0.3, -0.25) is 9.89 Å². The predicted octanol–water partition coefficient (Wildman–Crippen LogP) is 1.45. The minimum absolute atomic E-state index is 0.157. The third-order valence-electron chi connectivity index (χ3n) is 4.15. The van der Waals surface area contributed by atoms with Crippen LogP contribution in [0.3, 0.4) is 0 Å². The standard InChI is InChI=1S/C14H23N3O2/c1-9-5-6-17(8-13(9)19-4)14(18)7-12-10(2)15-16-11(12)3/h9,13H,5-8H2,1-4H3,(H,15,16)/t9-,13-/m0/s1. The van der Waals surface area contributed by atoms with Crippen LogP contribution < -0.4 is 0 Å². The largest absolute Gasteiger partial charge is 0.379 e. The summed E-state index contributed by atoms with van der Waals surface area (Å²) in [4.78, 5) is 14.3. The second-order valence-corrected chi connectivity index (χ2v) is 5.47. The van der Waals surface area contributed by atoms with E-state index in [4.69, 9.17) is 4.74 Å². The first kappa shape index (κ1) is 14.1. The summed E-state index contributed by atoms with van der Waals surface area (Å²) in [5, 5.41) is 7.06. The molecule has 1 aromatic rings. The SMILES string of the molecule is CO[C@H]1CN(C(=O)Cc2c(C)n[nH]c2C)CC[C@@H]1C. The van der Waals surface area contributed by atoms with Crippen molar-refractivity contribution in [3.05, 3.63) is 17.0 Å². The summed E-state index contributed by atoms with van der Waals surface area (Å²) in [6.45, 7) is 7.60. The van der Waals surface area contributed by atoms with Crippen LogP contribution in [0.25, 0.3) is 0 Å². The molecule has 0 aliphatic carbocycles. The number of nitrogens with one attached hydrogen (secondary N) is 1. The second-order valence-electron chi connectivity index (χ2n) is 5.47. The summed E-state index contributed by atoms with van der Waals surface area (Å²) in [5.41, 5.74) is 2.93. The van der Waals surface area contributed by atoms with Crippen molar-refractivity contribution >= 4 is 5.91 Å². The van der Waals surface area contributed by atoms with Gasteiger partial charge in [0.1, 0.15) is 0 Å². The van der Waals surface area contributed by atoms with Crippen LogP contribution in [-0.2, 0) is 16.0 Å². The lowest BCUT2D eigenvalue weighted by Gasteiger charge is -2.36. The highest BCUT2D eigenvalue weighted by atomic mass is 16.5. The van der Waals surface area contributed by atoms with E-state index in [1.165, 1.54) is 0 Å². The summed E-state index contributed by atoms with van der Waals surface area (Å²) < 4.78 is 5.45. The van der Waals surface area contributed by atoms with E-state index in [1.54, 1.807) is 7.11 Å². The molecule has 1 saturated heterocycles. The Kier molecular flexibility index (Phi) is 4.24. The molecule has 5 nitrogen and oxygen atoms in total. The first-order chi connectivity index (χ1) is 9.02. The summed E-state index contributed by atoms with van der Waals surface area (Å²) in [6.07, 6.45) is 1.59. The number of aryl methyl sites for hydroxylation is 2. The molecule has 5 heteroatoms. The molecule has 1 fully saturated rings. The van der Waals surface area contributed by atoms with Gasteiger partial charge in [0, 0.05) is 31.5 Å². The van der Waals surface area contributed by atoms with Gasteiger partial charge in [-0.15, -0.1) is 0 Å². The average molecular weight is 265 g/mol. The number of hydrogen-bond donors (Lipinski definition) is 1. The smallest absolute Gasteiger partial charge is 0.227 e. The van der Waals surface area contributed by atoms with Crippen molar-refractivity contribution in [2.75, 3.05) is 20.2 Å². The number of methoxy groups -OCH3 is 1. The van der Waals surface area contributed by atoms with Gasteiger partial charge in [-0.2, -0.15) is 5.10 Å². The number of amides is 1. The Bertz CT molecular complexity index is 436. The first-order valence-electron chi connectivity index (χ1n) is 6.84. The highest BCUT2D eigenvalue weighted by Gasteiger charge is 2.29. The Morgan fingerprint density at radius 2 is 2.26 bits per heavy atom. The van der Waals surface area contributed by atoms with Gasteiger partial charge in [-0.25, -0.2) is 0 Å². The summed E-state index contributed by atoms with van der Waals surface area (Å²) in [6, 6.07) is 0. The molecular formula is C14H23N3O2. The fourth-order valence-electron chi connectivity index (χ4n) is 2.66. The third kappa shape index (κ3) is 2.97. The molecule has 1 amide bonds. The van der Waals surface area contributed by atoms with Crippen molar-refractivity contribution in [1.29, 1.82) is 0 Å². The van der Waals surface area contributed by atoms with E-state index in [1.807, 2.05) is 18.7 Å². The molecule has 19 heavy (non-hydrogen) atoms. The molecule has 0 radical (unpaired) electrons. The highest BCUT2D eigenvalue weighted by molar-refractivity contribution is 5.79. The Balaban J connectivity index is 2.01. The van der Waals surface area contributed by atoms with Gasteiger partial charge < -0.3 is 9.64 Å². The molecule has 106 valence electrons. The number of ether oxygens (including phenoxy) is 1. The normalized spacial score (nSPS) is 23.7. The molecule has 2 rings (SSSR count). The van der Waals surface area contributed by atoms with Crippen molar-refractivity contribution in [1.82, 2.24) is 15.1 Å². The van der Waals surface area contributed by atoms with Gasteiger partial charge in [0.05, 0.1) is 18.2 Å². The molecule has 1 aromatic heterocycles. The third-order valence-corrected chi connectivity index (χ3v) is 4.15. The van der Waals surface area contributed by atoms with Crippen molar-refractivity contribution in [3.63, 3.8) is 0 Å².